The number of carbonyl (C=O) groups excluding carboxylic acids is 1. The van der Waals surface area contributed by atoms with Gasteiger partial charge in [0.2, 0.25) is 0 Å². The van der Waals surface area contributed by atoms with Crippen LogP contribution >= 0.6 is 0 Å². The van der Waals surface area contributed by atoms with Crippen molar-refractivity contribution in [3.05, 3.63) is 0 Å². The molecule has 0 aromatic carbocycles. The van der Waals surface area contributed by atoms with Crippen molar-refractivity contribution in [2.24, 2.45) is 5.73 Å². The Balaban J connectivity index is 2.31. The van der Waals surface area contributed by atoms with Gasteiger partial charge in [-0.2, -0.15) is 0 Å². The molecule has 4 heteroatoms. The van der Waals surface area contributed by atoms with E-state index in [9.17, 15) is 4.79 Å². The highest BCUT2D eigenvalue weighted by atomic mass is 16.6. The molecule has 13 heavy (non-hydrogen) atoms. The Morgan fingerprint density at radius 2 is 2.38 bits per heavy atom. The monoisotopic (exact) mass is 186 g/mol. The van der Waals surface area contributed by atoms with Gasteiger partial charge in [-0.25, -0.2) is 4.79 Å². The molecule has 1 aliphatic rings. The van der Waals surface area contributed by atoms with Crippen molar-refractivity contribution >= 4 is 6.09 Å². The largest absolute Gasteiger partial charge is 0.447 e. The van der Waals surface area contributed by atoms with Crippen LogP contribution in [-0.2, 0) is 4.74 Å². The molecule has 76 valence electrons. The SMILES string of the molecule is CCCCCN1C(=O)OC[C@@H]1CN. The molecule has 1 aliphatic heterocycles. The molecule has 0 bridgehead atoms. The Morgan fingerprint density at radius 3 is 3.00 bits per heavy atom. The van der Waals surface area contributed by atoms with E-state index >= 15 is 0 Å². The van der Waals surface area contributed by atoms with Gasteiger partial charge in [0.1, 0.15) is 6.61 Å². The van der Waals surface area contributed by atoms with E-state index in [0.29, 0.717) is 13.2 Å². The Morgan fingerprint density at radius 1 is 1.62 bits per heavy atom. The summed E-state index contributed by atoms with van der Waals surface area (Å²) in [5, 5.41) is 0. The lowest BCUT2D eigenvalue weighted by Crippen LogP contribution is -2.39. The molecule has 0 aromatic heterocycles. The average molecular weight is 186 g/mol. The summed E-state index contributed by atoms with van der Waals surface area (Å²) >= 11 is 0. The Hall–Kier alpha value is -0.770. The summed E-state index contributed by atoms with van der Waals surface area (Å²) in [6.07, 6.45) is 3.16. The van der Waals surface area contributed by atoms with Gasteiger partial charge in [-0.05, 0) is 6.42 Å². The van der Waals surface area contributed by atoms with Crippen LogP contribution in [0.5, 0.6) is 0 Å². The zero-order valence-electron chi connectivity index (χ0n) is 8.16. The Kier molecular flexibility index (Phi) is 4.02. The van der Waals surface area contributed by atoms with Crippen LogP contribution < -0.4 is 5.73 Å². The summed E-state index contributed by atoms with van der Waals surface area (Å²) in [6.45, 7) is 3.89. The number of unbranched alkanes of at least 4 members (excludes halogenated alkanes) is 2. The maximum Gasteiger partial charge on any atom is 0.410 e. The normalized spacial score (nSPS) is 22.2. The molecule has 1 saturated heterocycles. The molecule has 1 atom stereocenters. The number of nitrogens with two attached hydrogens (primary N) is 1. The molecule has 1 rings (SSSR count). The minimum atomic E-state index is -0.202. The van der Waals surface area contributed by atoms with Crippen LogP contribution in [0.3, 0.4) is 0 Å². The molecule has 0 saturated carbocycles. The summed E-state index contributed by atoms with van der Waals surface area (Å²) in [5.74, 6) is 0. The number of ether oxygens (including phenoxy) is 1. The number of carbonyl (C=O) groups is 1. The summed E-state index contributed by atoms with van der Waals surface area (Å²) in [4.78, 5) is 12.9. The van der Waals surface area contributed by atoms with Gasteiger partial charge >= 0.3 is 6.09 Å². The van der Waals surface area contributed by atoms with Crippen LogP contribution in [0.1, 0.15) is 26.2 Å². The number of nitrogens with zero attached hydrogens (tertiary/aromatic N) is 1. The van der Waals surface area contributed by atoms with E-state index in [1.807, 2.05) is 0 Å². The molecule has 1 amide bonds. The molecule has 4 nitrogen and oxygen atoms in total. The quantitative estimate of drug-likeness (QED) is 0.650. The first kappa shape index (κ1) is 10.3. The van der Waals surface area contributed by atoms with Gasteiger partial charge in [0.25, 0.3) is 0 Å². The van der Waals surface area contributed by atoms with Crippen LogP contribution in [0, 0.1) is 0 Å². The zero-order chi connectivity index (χ0) is 9.68. The standard InChI is InChI=1S/C9H18N2O2/c1-2-3-4-5-11-8(6-10)7-13-9(11)12/h8H,2-7,10H2,1H3/t8-/m0/s1. The van der Waals surface area contributed by atoms with Crippen molar-refractivity contribution in [2.45, 2.75) is 32.2 Å². The zero-order valence-corrected chi connectivity index (χ0v) is 8.16. The van der Waals surface area contributed by atoms with Gasteiger partial charge in [0.15, 0.2) is 0 Å². The number of amides is 1. The number of hydrogen-bond acceptors (Lipinski definition) is 3. The smallest absolute Gasteiger partial charge is 0.410 e. The van der Waals surface area contributed by atoms with Crippen molar-refractivity contribution in [1.82, 2.24) is 4.90 Å². The van der Waals surface area contributed by atoms with Gasteiger partial charge in [0.05, 0.1) is 6.04 Å². The predicted octanol–water partition coefficient (Wildman–Crippen LogP) is 0.956. The van der Waals surface area contributed by atoms with Crippen LogP contribution in [0.15, 0.2) is 0 Å². The minimum absolute atomic E-state index is 0.101. The van der Waals surface area contributed by atoms with Crippen LogP contribution in [0.2, 0.25) is 0 Å². The van der Waals surface area contributed by atoms with Crippen molar-refractivity contribution in [3.8, 4) is 0 Å². The lowest BCUT2D eigenvalue weighted by atomic mass is 10.2. The Bertz CT molecular complexity index is 173. The minimum Gasteiger partial charge on any atom is -0.447 e. The van der Waals surface area contributed by atoms with E-state index in [-0.39, 0.29) is 12.1 Å². The lowest BCUT2D eigenvalue weighted by molar-refractivity contribution is 0.157. The second-order valence-corrected chi connectivity index (χ2v) is 3.37. The first-order valence-corrected chi connectivity index (χ1v) is 4.93. The fraction of sp³-hybridized carbons (Fsp3) is 0.889. The van der Waals surface area contributed by atoms with E-state index in [0.717, 1.165) is 25.8 Å². The third-order valence-corrected chi connectivity index (χ3v) is 2.35. The first-order chi connectivity index (χ1) is 6.29. The van der Waals surface area contributed by atoms with Gasteiger partial charge in [-0.15, -0.1) is 0 Å². The van der Waals surface area contributed by atoms with Crippen molar-refractivity contribution in [2.75, 3.05) is 19.7 Å². The summed E-state index contributed by atoms with van der Waals surface area (Å²) < 4.78 is 4.91. The number of cyclic esters (lactones) is 1. The predicted molar refractivity (Wildman–Crippen MR) is 50.4 cm³/mol. The Labute approximate surface area is 79.0 Å². The van der Waals surface area contributed by atoms with Gasteiger partial charge in [0, 0.05) is 13.1 Å². The van der Waals surface area contributed by atoms with Crippen LogP contribution in [0.25, 0.3) is 0 Å². The molecular weight excluding hydrogens is 168 g/mol. The molecule has 1 fully saturated rings. The summed E-state index contributed by atoms with van der Waals surface area (Å²) in [6, 6.07) is 0.101. The lowest BCUT2D eigenvalue weighted by Gasteiger charge is -2.19. The highest BCUT2D eigenvalue weighted by molar-refractivity contribution is 5.70. The highest BCUT2D eigenvalue weighted by Crippen LogP contribution is 2.12. The maximum atomic E-state index is 11.2. The fourth-order valence-electron chi connectivity index (χ4n) is 1.49. The molecule has 0 spiro atoms. The molecular formula is C9H18N2O2. The topological polar surface area (TPSA) is 55.6 Å². The molecule has 2 N–H and O–H groups in total. The second kappa shape index (κ2) is 5.07. The van der Waals surface area contributed by atoms with E-state index < -0.39 is 0 Å². The fourth-order valence-corrected chi connectivity index (χ4v) is 1.49. The van der Waals surface area contributed by atoms with Crippen LogP contribution in [0.4, 0.5) is 4.79 Å². The van der Waals surface area contributed by atoms with Gasteiger partial charge in [-0.3, -0.25) is 0 Å². The summed E-state index contributed by atoms with van der Waals surface area (Å²) in [5.41, 5.74) is 5.52. The molecule has 0 aromatic rings. The second-order valence-electron chi connectivity index (χ2n) is 3.37. The molecule has 0 unspecified atom stereocenters. The van der Waals surface area contributed by atoms with Crippen molar-refractivity contribution in [3.63, 3.8) is 0 Å². The molecule has 0 radical (unpaired) electrons. The van der Waals surface area contributed by atoms with Crippen LogP contribution in [-0.4, -0.2) is 36.7 Å². The van der Waals surface area contributed by atoms with E-state index in [4.69, 9.17) is 10.5 Å². The number of rotatable bonds is 5. The third-order valence-electron chi connectivity index (χ3n) is 2.35. The molecule has 0 aliphatic carbocycles. The highest BCUT2D eigenvalue weighted by Gasteiger charge is 2.30. The van der Waals surface area contributed by atoms with Crippen molar-refractivity contribution < 1.29 is 9.53 Å². The number of hydrogen-bond donors (Lipinski definition) is 1. The first-order valence-electron chi connectivity index (χ1n) is 4.93. The van der Waals surface area contributed by atoms with E-state index in [2.05, 4.69) is 6.92 Å². The third kappa shape index (κ3) is 2.59. The average Bonchev–Trinajstić information content (AvgIpc) is 2.48. The van der Waals surface area contributed by atoms with Gasteiger partial charge < -0.3 is 15.4 Å². The van der Waals surface area contributed by atoms with E-state index in [1.165, 1.54) is 0 Å². The van der Waals surface area contributed by atoms with Crippen molar-refractivity contribution in [1.29, 1.82) is 0 Å². The van der Waals surface area contributed by atoms with Gasteiger partial charge in [-0.1, -0.05) is 19.8 Å². The summed E-state index contributed by atoms with van der Waals surface area (Å²) in [7, 11) is 0. The maximum absolute atomic E-state index is 11.2. The van der Waals surface area contributed by atoms with E-state index in [1.54, 1.807) is 4.90 Å². The molecule has 1 heterocycles.